The van der Waals surface area contributed by atoms with Crippen LogP contribution in [0.2, 0.25) is 0 Å². The van der Waals surface area contributed by atoms with Crippen LogP contribution in [-0.4, -0.2) is 14.9 Å². The van der Waals surface area contributed by atoms with Crippen molar-refractivity contribution >= 4 is 22.2 Å². The van der Waals surface area contributed by atoms with E-state index in [0.717, 1.165) is 22.2 Å². The molecule has 0 radical (unpaired) electrons. The van der Waals surface area contributed by atoms with Gasteiger partial charge in [-0.25, -0.2) is 0 Å². The Balaban J connectivity index is 2.03. The summed E-state index contributed by atoms with van der Waals surface area (Å²) in [5.41, 5.74) is 4.35. The highest BCUT2D eigenvalue weighted by Gasteiger charge is 2.18. The molecular formula is C20H18N2OS. The van der Waals surface area contributed by atoms with Crippen LogP contribution >= 0.6 is 11.3 Å². The summed E-state index contributed by atoms with van der Waals surface area (Å²) >= 11 is 1.74. The third-order valence-electron chi connectivity index (χ3n) is 4.14. The maximum absolute atomic E-state index is 9.56. The van der Waals surface area contributed by atoms with Crippen molar-refractivity contribution in [3.05, 3.63) is 60.0 Å². The Bertz CT molecular complexity index is 983. The van der Waals surface area contributed by atoms with Crippen molar-refractivity contribution in [1.82, 2.24) is 9.78 Å². The van der Waals surface area contributed by atoms with Crippen molar-refractivity contribution in [2.24, 2.45) is 0 Å². The minimum Gasteiger partial charge on any atom is -0.508 e. The van der Waals surface area contributed by atoms with Gasteiger partial charge < -0.3 is 5.11 Å². The zero-order chi connectivity index (χ0) is 16.7. The highest BCUT2D eigenvalue weighted by atomic mass is 32.1. The Labute approximate surface area is 144 Å². The zero-order valence-corrected chi connectivity index (χ0v) is 14.4. The molecule has 24 heavy (non-hydrogen) atoms. The summed E-state index contributed by atoms with van der Waals surface area (Å²) in [4.78, 5) is 1.25. The standard InChI is InChI=1S/C20H18N2OS/c1-13(2)22-20-16(18-7-4-12-24-18)5-3-6-17(20)19(21-22)14-8-10-15(23)11-9-14/h3-13,23H,1-2H3. The van der Waals surface area contributed by atoms with E-state index in [1.54, 1.807) is 23.5 Å². The van der Waals surface area contributed by atoms with E-state index in [4.69, 9.17) is 5.10 Å². The number of rotatable bonds is 3. The number of nitrogens with zero attached hydrogens (tertiary/aromatic N) is 2. The van der Waals surface area contributed by atoms with Crippen molar-refractivity contribution in [2.75, 3.05) is 0 Å². The van der Waals surface area contributed by atoms with E-state index in [0.29, 0.717) is 0 Å². The topological polar surface area (TPSA) is 38.0 Å². The number of thiophene rings is 1. The Morgan fingerprint density at radius 2 is 1.79 bits per heavy atom. The first-order chi connectivity index (χ1) is 11.6. The molecule has 0 amide bonds. The number of fused-ring (bicyclic) bond motifs is 1. The lowest BCUT2D eigenvalue weighted by Gasteiger charge is -2.10. The quantitative estimate of drug-likeness (QED) is 0.520. The lowest BCUT2D eigenvalue weighted by atomic mass is 10.0. The van der Waals surface area contributed by atoms with Crippen LogP contribution in [0, 0.1) is 0 Å². The van der Waals surface area contributed by atoms with E-state index in [2.05, 4.69) is 54.2 Å². The van der Waals surface area contributed by atoms with Crippen LogP contribution in [0.3, 0.4) is 0 Å². The summed E-state index contributed by atoms with van der Waals surface area (Å²) in [7, 11) is 0. The second-order valence-corrected chi connectivity index (χ2v) is 7.06. The molecule has 0 saturated carbocycles. The summed E-state index contributed by atoms with van der Waals surface area (Å²) in [5, 5.41) is 17.7. The monoisotopic (exact) mass is 334 g/mol. The van der Waals surface area contributed by atoms with E-state index in [-0.39, 0.29) is 11.8 Å². The number of para-hydroxylation sites is 1. The second kappa shape index (κ2) is 5.80. The second-order valence-electron chi connectivity index (χ2n) is 6.11. The molecular weight excluding hydrogens is 316 g/mol. The van der Waals surface area contributed by atoms with Crippen molar-refractivity contribution < 1.29 is 5.11 Å². The molecule has 4 rings (SSSR count). The van der Waals surface area contributed by atoms with Gasteiger partial charge in [0.2, 0.25) is 0 Å². The lowest BCUT2D eigenvalue weighted by molar-refractivity contribution is 0.475. The molecule has 0 aliphatic heterocycles. The van der Waals surface area contributed by atoms with Gasteiger partial charge in [-0.2, -0.15) is 5.10 Å². The molecule has 2 aromatic carbocycles. The Hall–Kier alpha value is -2.59. The molecule has 120 valence electrons. The first kappa shape index (κ1) is 15.0. The molecule has 0 aliphatic rings. The number of benzene rings is 2. The molecule has 0 unspecified atom stereocenters. The van der Waals surface area contributed by atoms with E-state index in [1.165, 1.54) is 10.4 Å². The van der Waals surface area contributed by atoms with Crippen LogP contribution in [0.4, 0.5) is 0 Å². The largest absolute Gasteiger partial charge is 0.508 e. The van der Waals surface area contributed by atoms with Gasteiger partial charge in [-0.05, 0) is 49.6 Å². The summed E-state index contributed by atoms with van der Waals surface area (Å²) in [5.74, 6) is 0.269. The van der Waals surface area contributed by atoms with E-state index >= 15 is 0 Å². The van der Waals surface area contributed by atoms with Gasteiger partial charge in [0, 0.05) is 27.4 Å². The summed E-state index contributed by atoms with van der Waals surface area (Å²) in [6.07, 6.45) is 0. The van der Waals surface area contributed by atoms with Gasteiger partial charge in [-0.1, -0.05) is 24.3 Å². The number of hydrogen-bond donors (Lipinski definition) is 1. The average molecular weight is 334 g/mol. The maximum Gasteiger partial charge on any atom is 0.115 e. The van der Waals surface area contributed by atoms with E-state index in [9.17, 15) is 5.11 Å². The van der Waals surface area contributed by atoms with Crippen LogP contribution in [0.1, 0.15) is 19.9 Å². The zero-order valence-electron chi connectivity index (χ0n) is 13.6. The number of aromatic nitrogens is 2. The Kier molecular flexibility index (Phi) is 3.62. The van der Waals surface area contributed by atoms with E-state index < -0.39 is 0 Å². The Morgan fingerprint density at radius 1 is 1.00 bits per heavy atom. The van der Waals surface area contributed by atoms with Gasteiger partial charge in [-0.15, -0.1) is 11.3 Å². The fourth-order valence-electron chi connectivity index (χ4n) is 3.03. The van der Waals surface area contributed by atoms with E-state index in [1.807, 2.05) is 12.1 Å². The van der Waals surface area contributed by atoms with Gasteiger partial charge in [0.1, 0.15) is 11.4 Å². The van der Waals surface area contributed by atoms with Gasteiger partial charge >= 0.3 is 0 Å². The van der Waals surface area contributed by atoms with Gasteiger partial charge in [-0.3, -0.25) is 4.68 Å². The Morgan fingerprint density at radius 3 is 2.46 bits per heavy atom. The van der Waals surface area contributed by atoms with Crippen molar-refractivity contribution in [1.29, 1.82) is 0 Å². The summed E-state index contributed by atoms with van der Waals surface area (Å²) < 4.78 is 2.10. The molecule has 2 aromatic heterocycles. The summed E-state index contributed by atoms with van der Waals surface area (Å²) in [6, 6.07) is 18.1. The van der Waals surface area contributed by atoms with Crippen molar-refractivity contribution in [2.45, 2.75) is 19.9 Å². The minimum atomic E-state index is 0.263. The number of phenols is 1. The summed E-state index contributed by atoms with van der Waals surface area (Å²) in [6.45, 7) is 4.30. The molecule has 0 atom stereocenters. The third-order valence-corrected chi connectivity index (χ3v) is 5.05. The molecule has 4 heteroatoms. The fraction of sp³-hybridized carbons (Fsp3) is 0.150. The van der Waals surface area contributed by atoms with Crippen LogP contribution in [0.5, 0.6) is 5.75 Å². The van der Waals surface area contributed by atoms with Crippen molar-refractivity contribution in [3.8, 4) is 27.4 Å². The number of phenolic OH excluding ortho intramolecular Hbond substituents is 1. The third kappa shape index (κ3) is 2.39. The molecule has 0 bridgehead atoms. The first-order valence-corrected chi connectivity index (χ1v) is 8.87. The highest BCUT2D eigenvalue weighted by molar-refractivity contribution is 7.13. The smallest absolute Gasteiger partial charge is 0.115 e. The maximum atomic E-state index is 9.56. The number of aromatic hydroxyl groups is 1. The predicted molar refractivity (Wildman–Crippen MR) is 101 cm³/mol. The van der Waals surface area contributed by atoms with Crippen LogP contribution in [0.15, 0.2) is 60.0 Å². The van der Waals surface area contributed by atoms with Gasteiger partial charge in [0.15, 0.2) is 0 Å². The molecule has 3 nitrogen and oxygen atoms in total. The minimum absolute atomic E-state index is 0.263. The molecule has 2 heterocycles. The predicted octanol–water partition coefficient (Wildman–Crippen LogP) is 5.72. The van der Waals surface area contributed by atoms with Gasteiger partial charge in [0.25, 0.3) is 0 Å². The van der Waals surface area contributed by atoms with Crippen LogP contribution in [-0.2, 0) is 0 Å². The fourth-order valence-corrected chi connectivity index (χ4v) is 3.78. The van der Waals surface area contributed by atoms with Crippen LogP contribution in [0.25, 0.3) is 32.6 Å². The molecule has 0 fully saturated rings. The molecule has 1 N–H and O–H groups in total. The highest BCUT2D eigenvalue weighted by Crippen LogP contribution is 2.37. The first-order valence-electron chi connectivity index (χ1n) is 7.99. The number of hydrogen-bond acceptors (Lipinski definition) is 3. The SMILES string of the molecule is CC(C)n1nc(-c2ccc(O)cc2)c2cccc(-c3cccs3)c21. The van der Waals surface area contributed by atoms with Crippen LogP contribution < -0.4 is 0 Å². The molecule has 0 spiro atoms. The molecule has 4 aromatic rings. The van der Waals surface area contributed by atoms with Crippen molar-refractivity contribution in [3.63, 3.8) is 0 Å². The lowest BCUT2D eigenvalue weighted by Crippen LogP contribution is -2.03. The normalized spacial score (nSPS) is 11.5. The molecule has 0 saturated heterocycles. The average Bonchev–Trinajstić information content (AvgIpc) is 3.23. The van der Waals surface area contributed by atoms with Gasteiger partial charge in [0.05, 0.1) is 5.52 Å². The molecule has 0 aliphatic carbocycles.